The van der Waals surface area contributed by atoms with Crippen LogP contribution in [0.2, 0.25) is 0 Å². The van der Waals surface area contributed by atoms with Crippen LogP contribution in [0.1, 0.15) is 18.2 Å². The van der Waals surface area contributed by atoms with Crippen molar-refractivity contribution in [3.05, 3.63) is 29.7 Å². The zero-order chi connectivity index (χ0) is 10.7. The van der Waals surface area contributed by atoms with E-state index in [0.717, 1.165) is 30.1 Å². The predicted molar refractivity (Wildman–Crippen MR) is 58.4 cm³/mol. The molecule has 0 fully saturated rings. The third-order valence-corrected chi connectivity index (χ3v) is 2.41. The molecule has 80 valence electrons. The summed E-state index contributed by atoms with van der Waals surface area (Å²) in [5.41, 5.74) is 3.26. The third kappa shape index (κ3) is 1.80. The van der Waals surface area contributed by atoms with Crippen LogP contribution in [0.25, 0.3) is 11.5 Å². The number of nitrogens with one attached hydrogen (secondary N) is 2. The van der Waals surface area contributed by atoms with Crippen LogP contribution in [-0.2, 0) is 13.0 Å². The number of hydrogen-bond donors (Lipinski definition) is 2. The Bertz CT molecular complexity index is 417. The number of nitrogens with zero attached hydrogens (tertiary/aromatic N) is 1. The highest BCUT2D eigenvalue weighted by atomic mass is 16.3. The summed E-state index contributed by atoms with van der Waals surface area (Å²) in [6.07, 6.45) is 2.61. The maximum atomic E-state index is 5.35. The third-order valence-electron chi connectivity index (χ3n) is 2.41. The highest BCUT2D eigenvalue weighted by molar-refractivity contribution is 5.58. The number of aromatic amines is 1. The molecule has 2 N–H and O–H groups in total. The van der Waals surface area contributed by atoms with E-state index in [4.69, 9.17) is 4.42 Å². The molecule has 0 amide bonds. The molecule has 0 aliphatic heterocycles. The number of H-pyrrole nitrogens is 1. The summed E-state index contributed by atoms with van der Waals surface area (Å²) in [7, 11) is 1.93. The summed E-state index contributed by atoms with van der Waals surface area (Å²) in [5, 5.41) is 10.5. The van der Waals surface area contributed by atoms with Gasteiger partial charge in [-0.05, 0) is 25.6 Å². The van der Waals surface area contributed by atoms with Gasteiger partial charge in [0.1, 0.15) is 5.69 Å². The number of aromatic nitrogens is 2. The lowest BCUT2D eigenvalue weighted by Gasteiger charge is -2.01. The minimum atomic E-state index is 0.801. The second kappa shape index (κ2) is 4.31. The Morgan fingerprint density at radius 2 is 2.40 bits per heavy atom. The predicted octanol–water partition coefficient (Wildman–Crippen LogP) is 1.95. The van der Waals surface area contributed by atoms with E-state index in [-0.39, 0.29) is 0 Å². The molecule has 0 aromatic carbocycles. The van der Waals surface area contributed by atoms with Crippen molar-refractivity contribution in [2.24, 2.45) is 0 Å². The highest BCUT2D eigenvalue weighted by Crippen LogP contribution is 2.24. The van der Waals surface area contributed by atoms with Crippen molar-refractivity contribution < 1.29 is 4.42 Å². The van der Waals surface area contributed by atoms with Crippen molar-refractivity contribution in [3.63, 3.8) is 0 Å². The van der Waals surface area contributed by atoms with E-state index in [1.807, 2.05) is 19.2 Å². The van der Waals surface area contributed by atoms with Gasteiger partial charge in [-0.25, -0.2) is 0 Å². The molecular weight excluding hydrogens is 190 g/mol. The zero-order valence-corrected chi connectivity index (χ0v) is 9.00. The number of rotatable bonds is 4. The van der Waals surface area contributed by atoms with Crippen LogP contribution in [0.5, 0.6) is 0 Å². The smallest absolute Gasteiger partial charge is 0.154 e. The van der Waals surface area contributed by atoms with Gasteiger partial charge in [0.15, 0.2) is 5.76 Å². The molecule has 2 aromatic rings. The standard InChI is InChI=1S/C11H15N3O/c1-3-9-8(7-12-2)11(14-13-9)10-5-4-6-15-10/h4-6,12H,3,7H2,1-2H3,(H,13,14). The normalized spacial score (nSPS) is 10.8. The Labute approximate surface area is 88.7 Å². The molecular formula is C11H15N3O. The first kappa shape index (κ1) is 9.98. The molecule has 0 radical (unpaired) electrons. The molecule has 2 heterocycles. The second-order valence-electron chi connectivity index (χ2n) is 3.39. The second-order valence-corrected chi connectivity index (χ2v) is 3.39. The summed E-state index contributed by atoms with van der Waals surface area (Å²) in [6.45, 7) is 2.91. The average molecular weight is 205 g/mol. The minimum absolute atomic E-state index is 0.801. The molecule has 4 heteroatoms. The molecule has 15 heavy (non-hydrogen) atoms. The Morgan fingerprint density at radius 3 is 3.00 bits per heavy atom. The molecule has 0 unspecified atom stereocenters. The van der Waals surface area contributed by atoms with E-state index in [1.54, 1.807) is 6.26 Å². The maximum Gasteiger partial charge on any atom is 0.154 e. The lowest BCUT2D eigenvalue weighted by molar-refractivity contribution is 0.578. The topological polar surface area (TPSA) is 53.9 Å². The first-order valence-corrected chi connectivity index (χ1v) is 5.11. The molecule has 0 aliphatic carbocycles. The Kier molecular flexibility index (Phi) is 2.87. The summed E-state index contributed by atoms with van der Waals surface area (Å²) >= 11 is 0. The Morgan fingerprint density at radius 1 is 1.53 bits per heavy atom. The van der Waals surface area contributed by atoms with Gasteiger partial charge < -0.3 is 9.73 Å². The van der Waals surface area contributed by atoms with E-state index in [2.05, 4.69) is 22.4 Å². The van der Waals surface area contributed by atoms with Crippen LogP contribution in [-0.4, -0.2) is 17.2 Å². The van der Waals surface area contributed by atoms with Gasteiger partial charge >= 0.3 is 0 Å². The summed E-state index contributed by atoms with van der Waals surface area (Å²) in [4.78, 5) is 0. The van der Waals surface area contributed by atoms with Gasteiger partial charge in [0, 0.05) is 17.8 Å². The van der Waals surface area contributed by atoms with Crippen molar-refractivity contribution in [2.45, 2.75) is 19.9 Å². The van der Waals surface area contributed by atoms with E-state index < -0.39 is 0 Å². The van der Waals surface area contributed by atoms with Crippen molar-refractivity contribution in [2.75, 3.05) is 7.05 Å². The molecule has 0 spiro atoms. The lowest BCUT2D eigenvalue weighted by atomic mass is 10.1. The molecule has 2 rings (SSSR count). The maximum absolute atomic E-state index is 5.35. The van der Waals surface area contributed by atoms with Gasteiger partial charge in [0.2, 0.25) is 0 Å². The van der Waals surface area contributed by atoms with E-state index in [1.165, 1.54) is 5.56 Å². The van der Waals surface area contributed by atoms with Crippen LogP contribution in [0.4, 0.5) is 0 Å². The highest BCUT2D eigenvalue weighted by Gasteiger charge is 2.14. The van der Waals surface area contributed by atoms with Crippen LogP contribution < -0.4 is 5.32 Å². The molecule has 0 saturated heterocycles. The van der Waals surface area contributed by atoms with Crippen molar-refractivity contribution in [1.29, 1.82) is 0 Å². The first-order valence-electron chi connectivity index (χ1n) is 5.11. The lowest BCUT2D eigenvalue weighted by Crippen LogP contribution is -2.07. The average Bonchev–Trinajstić information content (AvgIpc) is 2.85. The fourth-order valence-corrected chi connectivity index (χ4v) is 1.68. The van der Waals surface area contributed by atoms with Crippen LogP contribution in [0.3, 0.4) is 0 Å². The molecule has 0 saturated carbocycles. The molecule has 0 aliphatic rings. The number of furan rings is 1. The molecule has 4 nitrogen and oxygen atoms in total. The fraction of sp³-hybridized carbons (Fsp3) is 0.364. The van der Waals surface area contributed by atoms with Gasteiger partial charge in [-0.2, -0.15) is 5.10 Å². The van der Waals surface area contributed by atoms with Crippen LogP contribution in [0, 0.1) is 0 Å². The number of aryl methyl sites for hydroxylation is 1. The molecule has 0 bridgehead atoms. The first-order chi connectivity index (χ1) is 7.36. The molecule has 2 aromatic heterocycles. The number of hydrogen-bond acceptors (Lipinski definition) is 3. The summed E-state index contributed by atoms with van der Waals surface area (Å²) in [6, 6.07) is 3.80. The van der Waals surface area contributed by atoms with E-state index >= 15 is 0 Å². The van der Waals surface area contributed by atoms with Crippen molar-refractivity contribution >= 4 is 0 Å². The largest absolute Gasteiger partial charge is 0.463 e. The zero-order valence-electron chi connectivity index (χ0n) is 9.00. The van der Waals surface area contributed by atoms with Crippen LogP contribution >= 0.6 is 0 Å². The van der Waals surface area contributed by atoms with Gasteiger partial charge in [-0.3, -0.25) is 5.10 Å². The SMILES string of the molecule is CCc1[nH]nc(-c2ccco2)c1CNC. The van der Waals surface area contributed by atoms with Crippen molar-refractivity contribution in [3.8, 4) is 11.5 Å². The summed E-state index contributed by atoms with van der Waals surface area (Å²) < 4.78 is 5.35. The van der Waals surface area contributed by atoms with Gasteiger partial charge in [-0.15, -0.1) is 0 Å². The molecule has 0 atom stereocenters. The van der Waals surface area contributed by atoms with Gasteiger partial charge in [-0.1, -0.05) is 6.92 Å². The Balaban J connectivity index is 2.43. The van der Waals surface area contributed by atoms with Gasteiger partial charge in [0.25, 0.3) is 0 Å². The van der Waals surface area contributed by atoms with E-state index in [9.17, 15) is 0 Å². The monoisotopic (exact) mass is 205 g/mol. The quantitative estimate of drug-likeness (QED) is 0.802. The van der Waals surface area contributed by atoms with Crippen LogP contribution in [0.15, 0.2) is 22.8 Å². The van der Waals surface area contributed by atoms with Crippen molar-refractivity contribution in [1.82, 2.24) is 15.5 Å². The fourth-order valence-electron chi connectivity index (χ4n) is 1.68. The Hall–Kier alpha value is -1.55. The van der Waals surface area contributed by atoms with E-state index in [0.29, 0.717) is 0 Å². The minimum Gasteiger partial charge on any atom is -0.463 e. The summed E-state index contributed by atoms with van der Waals surface area (Å²) in [5.74, 6) is 0.816. The van der Waals surface area contributed by atoms with Gasteiger partial charge in [0.05, 0.1) is 6.26 Å².